The van der Waals surface area contributed by atoms with E-state index in [4.69, 9.17) is 5.73 Å². The number of hydrogen-bond donors (Lipinski definition) is 2. The molecule has 0 aliphatic heterocycles. The normalized spacial score (nSPS) is 13.5. The molecular formula is C21H37N3O3. The fourth-order valence-corrected chi connectivity index (χ4v) is 3.84. The summed E-state index contributed by atoms with van der Waals surface area (Å²) in [5.41, 5.74) is 7.28. The zero-order chi connectivity index (χ0) is 20.4. The molecule has 0 saturated carbocycles. The van der Waals surface area contributed by atoms with Crippen molar-refractivity contribution in [3.63, 3.8) is 0 Å². The van der Waals surface area contributed by atoms with Gasteiger partial charge in [-0.2, -0.15) is 0 Å². The molecule has 0 radical (unpaired) electrons. The van der Waals surface area contributed by atoms with Gasteiger partial charge in [-0.05, 0) is 29.6 Å². The molecule has 2 unspecified atom stereocenters. The lowest BCUT2D eigenvalue weighted by molar-refractivity contribution is -0.390. The Labute approximate surface area is 163 Å². The second kappa shape index (κ2) is 11.8. The number of primary amides is 1. The largest absolute Gasteiger partial charge is 0.362 e. The number of rotatable bonds is 14. The standard InChI is InChI=1S/C21H37N3O3/c1-5-9-11-15(7-3)13-17-18(14-16(8-4)12-10-6-2)21(24(26)27)23-19(17)20(22)25/h15-16,23H,5-14H2,1-4H3,(H2,22,25). The molecule has 6 nitrogen and oxygen atoms in total. The highest BCUT2D eigenvalue weighted by Gasteiger charge is 2.30. The number of amides is 1. The highest BCUT2D eigenvalue weighted by Crippen LogP contribution is 2.33. The van der Waals surface area contributed by atoms with Crippen molar-refractivity contribution in [3.8, 4) is 0 Å². The number of aromatic amines is 1. The number of unbranched alkanes of at least 4 members (excludes halogenated alkanes) is 2. The number of nitrogens with two attached hydrogens (primary N) is 1. The molecule has 1 aromatic rings. The SMILES string of the molecule is CCCCC(CC)Cc1c(C(N)=O)[nH]c([N+](=O)[O-])c1CC(CC)CCCC. The molecule has 0 saturated heterocycles. The van der Waals surface area contributed by atoms with Gasteiger partial charge < -0.3 is 15.8 Å². The second-order valence-corrected chi connectivity index (χ2v) is 7.67. The Morgan fingerprint density at radius 3 is 1.85 bits per heavy atom. The van der Waals surface area contributed by atoms with E-state index in [0.29, 0.717) is 30.2 Å². The summed E-state index contributed by atoms with van der Waals surface area (Å²) < 4.78 is 0. The minimum Gasteiger partial charge on any atom is -0.362 e. The number of carbonyl (C=O) groups excluding carboxylic acids is 1. The van der Waals surface area contributed by atoms with Gasteiger partial charge in [0.2, 0.25) is 0 Å². The molecule has 1 aromatic heterocycles. The number of hydrogen-bond acceptors (Lipinski definition) is 3. The van der Waals surface area contributed by atoms with Crippen LogP contribution in [0.4, 0.5) is 5.82 Å². The van der Waals surface area contributed by atoms with Crippen LogP contribution in [-0.4, -0.2) is 15.8 Å². The van der Waals surface area contributed by atoms with Crippen LogP contribution in [-0.2, 0) is 12.8 Å². The average molecular weight is 380 g/mol. The molecular weight excluding hydrogens is 342 g/mol. The minimum absolute atomic E-state index is 0.0425. The highest BCUT2D eigenvalue weighted by atomic mass is 16.6. The van der Waals surface area contributed by atoms with E-state index < -0.39 is 10.8 Å². The van der Waals surface area contributed by atoms with E-state index in [2.05, 4.69) is 32.7 Å². The third-order valence-electron chi connectivity index (χ3n) is 5.70. The highest BCUT2D eigenvalue weighted by molar-refractivity contribution is 5.93. The van der Waals surface area contributed by atoms with Crippen molar-refractivity contribution in [2.24, 2.45) is 17.6 Å². The first kappa shape index (κ1) is 23.2. The maximum atomic E-state index is 12.0. The van der Waals surface area contributed by atoms with Crippen molar-refractivity contribution >= 4 is 11.7 Å². The lowest BCUT2D eigenvalue weighted by Crippen LogP contribution is -2.16. The molecule has 154 valence electrons. The molecule has 1 rings (SSSR count). The summed E-state index contributed by atoms with van der Waals surface area (Å²) in [6, 6.07) is 0. The fraction of sp³-hybridized carbons (Fsp3) is 0.762. The molecule has 27 heavy (non-hydrogen) atoms. The third kappa shape index (κ3) is 6.67. The van der Waals surface area contributed by atoms with Gasteiger partial charge in [0.25, 0.3) is 5.91 Å². The Bertz CT molecular complexity index is 560. The van der Waals surface area contributed by atoms with Crippen molar-refractivity contribution < 1.29 is 9.72 Å². The molecule has 2 atom stereocenters. The van der Waals surface area contributed by atoms with E-state index in [9.17, 15) is 14.9 Å². The number of H-pyrrole nitrogens is 1. The maximum absolute atomic E-state index is 12.0. The predicted octanol–water partition coefficient (Wildman–Crippen LogP) is 5.54. The number of nitrogens with one attached hydrogen (secondary N) is 1. The third-order valence-corrected chi connectivity index (χ3v) is 5.70. The van der Waals surface area contributed by atoms with Crippen LogP contribution in [0.3, 0.4) is 0 Å². The Kier molecular flexibility index (Phi) is 10.1. The van der Waals surface area contributed by atoms with Gasteiger partial charge in [-0.25, -0.2) is 4.98 Å². The quantitative estimate of drug-likeness (QED) is 0.327. The van der Waals surface area contributed by atoms with Gasteiger partial charge in [0.05, 0.1) is 5.56 Å². The number of carbonyl (C=O) groups is 1. The fourth-order valence-electron chi connectivity index (χ4n) is 3.84. The van der Waals surface area contributed by atoms with E-state index in [0.717, 1.165) is 56.9 Å². The first-order chi connectivity index (χ1) is 12.9. The van der Waals surface area contributed by atoms with E-state index >= 15 is 0 Å². The summed E-state index contributed by atoms with van der Waals surface area (Å²) in [5, 5.41) is 11.6. The van der Waals surface area contributed by atoms with E-state index in [1.807, 2.05) is 0 Å². The van der Waals surface area contributed by atoms with Crippen molar-refractivity contribution in [2.75, 3.05) is 0 Å². The summed E-state index contributed by atoms with van der Waals surface area (Å²) in [6.45, 7) is 8.58. The zero-order valence-electron chi connectivity index (χ0n) is 17.5. The smallest absolute Gasteiger partial charge is 0.324 e. The maximum Gasteiger partial charge on any atom is 0.324 e. The lowest BCUT2D eigenvalue weighted by Gasteiger charge is -2.18. The van der Waals surface area contributed by atoms with Crippen LogP contribution in [0.2, 0.25) is 0 Å². The molecule has 1 heterocycles. The average Bonchev–Trinajstić information content (AvgIpc) is 3.00. The molecule has 1 amide bonds. The zero-order valence-corrected chi connectivity index (χ0v) is 17.5. The molecule has 6 heteroatoms. The van der Waals surface area contributed by atoms with E-state index in [1.54, 1.807) is 0 Å². The van der Waals surface area contributed by atoms with Gasteiger partial charge in [0, 0.05) is 5.56 Å². The van der Waals surface area contributed by atoms with Gasteiger partial charge >= 0.3 is 5.82 Å². The molecule has 3 N–H and O–H groups in total. The molecule has 0 fully saturated rings. The summed E-state index contributed by atoms with van der Waals surface area (Å²) in [4.78, 5) is 26.0. The minimum atomic E-state index is -0.605. The van der Waals surface area contributed by atoms with Crippen LogP contribution >= 0.6 is 0 Å². The first-order valence-corrected chi connectivity index (χ1v) is 10.6. The van der Waals surface area contributed by atoms with E-state index in [1.165, 1.54) is 0 Å². The van der Waals surface area contributed by atoms with Crippen molar-refractivity contribution in [2.45, 2.75) is 91.9 Å². The monoisotopic (exact) mass is 379 g/mol. The van der Waals surface area contributed by atoms with Gasteiger partial charge in [0.1, 0.15) is 0 Å². The molecule has 0 aliphatic rings. The van der Waals surface area contributed by atoms with Crippen LogP contribution in [0.15, 0.2) is 0 Å². The van der Waals surface area contributed by atoms with Crippen molar-refractivity contribution in [1.82, 2.24) is 4.98 Å². The second-order valence-electron chi connectivity index (χ2n) is 7.67. The topological polar surface area (TPSA) is 102 Å². The van der Waals surface area contributed by atoms with Crippen molar-refractivity contribution in [3.05, 3.63) is 26.9 Å². The lowest BCUT2D eigenvalue weighted by atomic mass is 9.86. The van der Waals surface area contributed by atoms with Gasteiger partial charge in [0.15, 0.2) is 5.69 Å². The van der Waals surface area contributed by atoms with Crippen LogP contribution in [0.1, 0.15) is 101 Å². The summed E-state index contributed by atoms with van der Waals surface area (Å²) in [7, 11) is 0. The molecule has 0 aromatic carbocycles. The van der Waals surface area contributed by atoms with Crippen molar-refractivity contribution in [1.29, 1.82) is 0 Å². The Hall–Kier alpha value is -1.85. The van der Waals surface area contributed by atoms with E-state index in [-0.39, 0.29) is 11.5 Å². The number of nitrogens with zero attached hydrogens (tertiary/aromatic N) is 1. The molecule has 0 spiro atoms. The number of aromatic nitrogens is 1. The molecule has 0 bridgehead atoms. The Balaban J connectivity index is 3.29. The van der Waals surface area contributed by atoms with Crippen LogP contribution < -0.4 is 5.73 Å². The Morgan fingerprint density at radius 2 is 1.48 bits per heavy atom. The summed E-state index contributed by atoms with van der Waals surface area (Å²) in [6.07, 6.45) is 9.86. The van der Waals surface area contributed by atoms with Crippen LogP contribution in [0, 0.1) is 22.0 Å². The first-order valence-electron chi connectivity index (χ1n) is 10.6. The summed E-state index contributed by atoms with van der Waals surface area (Å²) >= 11 is 0. The van der Waals surface area contributed by atoms with Crippen LogP contribution in [0.25, 0.3) is 0 Å². The Morgan fingerprint density at radius 1 is 1.00 bits per heavy atom. The molecule has 0 aliphatic carbocycles. The van der Waals surface area contributed by atoms with Gasteiger partial charge in [-0.1, -0.05) is 79.1 Å². The predicted molar refractivity (Wildman–Crippen MR) is 110 cm³/mol. The summed E-state index contributed by atoms with van der Waals surface area (Å²) in [5.74, 6) is 0.146. The van der Waals surface area contributed by atoms with Gasteiger partial charge in [-0.3, -0.25) is 4.79 Å². The van der Waals surface area contributed by atoms with Crippen LogP contribution in [0.5, 0.6) is 0 Å². The van der Waals surface area contributed by atoms with Gasteiger partial charge in [-0.15, -0.1) is 0 Å². The number of nitro groups is 1.